The van der Waals surface area contributed by atoms with Gasteiger partial charge in [0, 0.05) is 29.0 Å². The summed E-state index contributed by atoms with van der Waals surface area (Å²) in [6, 6.07) is 7.53. The zero-order valence-electron chi connectivity index (χ0n) is 13.0. The predicted molar refractivity (Wildman–Crippen MR) is 95.8 cm³/mol. The van der Waals surface area contributed by atoms with Gasteiger partial charge in [0.05, 0.1) is 17.8 Å². The van der Waals surface area contributed by atoms with Crippen molar-refractivity contribution in [2.45, 2.75) is 6.92 Å². The third-order valence-electron chi connectivity index (χ3n) is 3.91. The number of nitrogens with one attached hydrogen (secondary N) is 1. The Morgan fingerprint density at radius 1 is 1.38 bits per heavy atom. The van der Waals surface area contributed by atoms with Crippen LogP contribution < -0.4 is 5.32 Å². The fourth-order valence-corrected chi connectivity index (χ4v) is 3.50. The molecule has 0 atom stereocenters. The van der Waals surface area contributed by atoms with Gasteiger partial charge in [0.25, 0.3) is 5.91 Å². The molecule has 0 bridgehead atoms. The van der Waals surface area contributed by atoms with E-state index in [-0.39, 0.29) is 5.91 Å². The number of nitrogens with zero attached hydrogens (tertiary/aromatic N) is 4. The lowest BCUT2D eigenvalue weighted by atomic mass is 10.1. The first kappa shape index (κ1) is 15.0. The van der Waals surface area contributed by atoms with Gasteiger partial charge in [-0.3, -0.25) is 25.0 Å². The number of aromatic nitrogens is 1. The molecule has 0 saturated heterocycles. The maximum atomic E-state index is 12.4. The predicted octanol–water partition coefficient (Wildman–Crippen LogP) is 2.65. The van der Waals surface area contributed by atoms with Crippen molar-refractivity contribution >= 4 is 39.3 Å². The number of hydrogen-bond acceptors (Lipinski definition) is 5. The fraction of sp³-hybridized carbons (Fsp3) is 0.176. The molecule has 2 aliphatic heterocycles. The first-order valence-corrected chi connectivity index (χ1v) is 8.35. The van der Waals surface area contributed by atoms with Crippen LogP contribution in [0.25, 0.3) is 0 Å². The van der Waals surface area contributed by atoms with E-state index in [1.807, 2.05) is 17.9 Å². The van der Waals surface area contributed by atoms with Gasteiger partial charge in [-0.1, -0.05) is 0 Å². The first-order valence-electron chi connectivity index (χ1n) is 7.56. The van der Waals surface area contributed by atoms with E-state index in [0.29, 0.717) is 24.6 Å². The van der Waals surface area contributed by atoms with Crippen LogP contribution >= 0.6 is 15.9 Å². The molecule has 0 aliphatic carbocycles. The molecule has 120 valence electrons. The monoisotopic (exact) mass is 383 g/mol. The van der Waals surface area contributed by atoms with Gasteiger partial charge in [-0.25, -0.2) is 4.99 Å². The standard InChI is InChI=1S/C17H14BrN5O/c1-10-7-12-14(13(18)8-10)21-17(23-6-5-20-15(12)23)22-16(24)11-3-2-4-19-9-11/h2-4,7-9H,5-6H2,1H3,(H,21,22,24). The van der Waals surface area contributed by atoms with Crippen molar-refractivity contribution < 1.29 is 4.79 Å². The Balaban J connectivity index is 1.74. The van der Waals surface area contributed by atoms with Gasteiger partial charge >= 0.3 is 0 Å². The summed E-state index contributed by atoms with van der Waals surface area (Å²) in [5.41, 5.74) is 3.40. The zero-order valence-corrected chi connectivity index (χ0v) is 14.5. The van der Waals surface area contributed by atoms with E-state index >= 15 is 0 Å². The molecule has 0 radical (unpaired) electrons. The van der Waals surface area contributed by atoms with Crippen molar-refractivity contribution in [2.75, 3.05) is 13.1 Å². The summed E-state index contributed by atoms with van der Waals surface area (Å²) in [6.07, 6.45) is 3.17. The number of guanidine groups is 1. The highest BCUT2D eigenvalue weighted by Gasteiger charge is 2.31. The van der Waals surface area contributed by atoms with Gasteiger partial charge in [-0.05, 0) is 52.7 Å². The average molecular weight is 384 g/mol. The number of pyridine rings is 1. The number of amidine groups is 1. The van der Waals surface area contributed by atoms with Gasteiger partial charge in [-0.15, -0.1) is 0 Å². The number of hydrogen-bond donors (Lipinski definition) is 1. The van der Waals surface area contributed by atoms with Gasteiger partial charge in [0.2, 0.25) is 5.96 Å². The first-order chi connectivity index (χ1) is 11.6. The number of carbonyl (C=O) groups excluding carboxylic acids is 1. The van der Waals surface area contributed by atoms with Crippen molar-refractivity contribution in [2.24, 2.45) is 9.98 Å². The van der Waals surface area contributed by atoms with Crippen LogP contribution in [0, 0.1) is 6.92 Å². The van der Waals surface area contributed by atoms with E-state index in [1.54, 1.807) is 18.3 Å². The van der Waals surface area contributed by atoms with E-state index in [1.165, 1.54) is 6.20 Å². The van der Waals surface area contributed by atoms with Gasteiger partial charge in [0.1, 0.15) is 5.84 Å². The van der Waals surface area contributed by atoms with E-state index in [9.17, 15) is 4.79 Å². The summed E-state index contributed by atoms with van der Waals surface area (Å²) in [5.74, 6) is 1.11. The fourth-order valence-electron chi connectivity index (χ4n) is 2.84. The van der Waals surface area contributed by atoms with Gasteiger partial charge in [0.15, 0.2) is 0 Å². The molecular weight excluding hydrogens is 370 g/mol. The molecule has 2 aromatic rings. The van der Waals surface area contributed by atoms with Crippen LogP contribution in [0.15, 0.2) is 51.1 Å². The molecule has 3 heterocycles. The van der Waals surface area contributed by atoms with Crippen LogP contribution in [-0.2, 0) is 0 Å². The Hall–Kier alpha value is -2.54. The average Bonchev–Trinajstić information content (AvgIpc) is 3.07. The van der Waals surface area contributed by atoms with Crippen LogP contribution in [-0.4, -0.2) is 40.7 Å². The zero-order chi connectivity index (χ0) is 16.7. The Labute approximate surface area is 147 Å². The summed E-state index contributed by atoms with van der Waals surface area (Å²) < 4.78 is 0.889. The molecule has 7 heteroatoms. The number of halogens is 1. The number of carbonyl (C=O) groups is 1. The summed E-state index contributed by atoms with van der Waals surface area (Å²) in [6.45, 7) is 3.42. The van der Waals surface area contributed by atoms with Crippen molar-refractivity contribution in [1.29, 1.82) is 0 Å². The second kappa shape index (κ2) is 5.83. The lowest BCUT2D eigenvalue weighted by molar-refractivity contribution is 0.0973. The minimum atomic E-state index is -0.236. The van der Waals surface area contributed by atoms with Crippen LogP contribution in [0.4, 0.5) is 5.69 Å². The second-order valence-corrected chi connectivity index (χ2v) is 6.49. The normalized spacial score (nSPS) is 15.3. The number of rotatable bonds is 1. The SMILES string of the molecule is Cc1cc(Br)c2c(c1)C1=NCCN1C(NC(=O)c1cccnc1)=N2. The third kappa shape index (κ3) is 2.50. The molecule has 0 spiro atoms. The molecule has 4 rings (SSSR count). The lowest BCUT2D eigenvalue weighted by Crippen LogP contribution is -2.47. The lowest BCUT2D eigenvalue weighted by Gasteiger charge is -2.28. The highest BCUT2D eigenvalue weighted by atomic mass is 79.9. The smallest absolute Gasteiger partial charge is 0.259 e. The minimum Gasteiger partial charge on any atom is -0.294 e. The molecule has 1 N–H and O–H groups in total. The quantitative estimate of drug-likeness (QED) is 0.822. The summed E-state index contributed by atoms with van der Waals surface area (Å²) >= 11 is 3.57. The van der Waals surface area contributed by atoms with Crippen LogP contribution in [0.1, 0.15) is 21.5 Å². The molecule has 24 heavy (non-hydrogen) atoms. The summed E-state index contributed by atoms with van der Waals surface area (Å²) in [5, 5.41) is 2.88. The molecule has 2 aliphatic rings. The maximum Gasteiger partial charge on any atom is 0.259 e. The third-order valence-corrected chi connectivity index (χ3v) is 4.52. The van der Waals surface area contributed by atoms with E-state index < -0.39 is 0 Å². The van der Waals surface area contributed by atoms with Gasteiger partial charge in [-0.2, -0.15) is 0 Å². The molecule has 0 fully saturated rings. The maximum absolute atomic E-state index is 12.4. The van der Waals surface area contributed by atoms with Crippen molar-refractivity contribution in [1.82, 2.24) is 15.2 Å². The van der Waals surface area contributed by atoms with E-state index in [0.717, 1.165) is 27.1 Å². The largest absolute Gasteiger partial charge is 0.294 e. The Kier molecular flexibility index (Phi) is 3.65. The molecule has 0 saturated carbocycles. The van der Waals surface area contributed by atoms with Crippen LogP contribution in [0.5, 0.6) is 0 Å². The number of fused-ring (bicyclic) bond motifs is 3. The van der Waals surface area contributed by atoms with Crippen molar-refractivity contribution in [3.63, 3.8) is 0 Å². The molecule has 1 aromatic carbocycles. The molecule has 1 amide bonds. The molecule has 1 aromatic heterocycles. The van der Waals surface area contributed by atoms with E-state index in [4.69, 9.17) is 0 Å². The highest BCUT2D eigenvalue weighted by molar-refractivity contribution is 9.10. The Bertz CT molecular complexity index is 891. The summed E-state index contributed by atoms with van der Waals surface area (Å²) in [4.78, 5) is 27.6. The highest BCUT2D eigenvalue weighted by Crippen LogP contribution is 2.36. The second-order valence-electron chi connectivity index (χ2n) is 5.63. The number of aliphatic imine (C=N–C) groups is 2. The molecule has 6 nitrogen and oxygen atoms in total. The van der Waals surface area contributed by atoms with Gasteiger partial charge < -0.3 is 0 Å². The number of amides is 1. The van der Waals surface area contributed by atoms with Crippen LogP contribution in [0.3, 0.4) is 0 Å². The molecular formula is C17H14BrN5O. The number of benzene rings is 1. The van der Waals surface area contributed by atoms with Crippen LogP contribution in [0.2, 0.25) is 0 Å². The molecule has 0 unspecified atom stereocenters. The Morgan fingerprint density at radius 3 is 3.04 bits per heavy atom. The summed E-state index contributed by atoms with van der Waals surface area (Å²) in [7, 11) is 0. The minimum absolute atomic E-state index is 0.236. The topological polar surface area (TPSA) is 70.0 Å². The van der Waals surface area contributed by atoms with Crippen molar-refractivity contribution in [3.8, 4) is 0 Å². The van der Waals surface area contributed by atoms with E-state index in [2.05, 4.69) is 42.3 Å². The van der Waals surface area contributed by atoms with Crippen molar-refractivity contribution in [3.05, 3.63) is 57.8 Å². The Morgan fingerprint density at radius 2 is 2.25 bits per heavy atom. The number of aryl methyl sites for hydroxylation is 1.